The normalized spacial score (nSPS) is 10.2. The maximum atomic E-state index is 11.7. The summed E-state index contributed by atoms with van der Waals surface area (Å²) in [6.07, 6.45) is 1.04. The molecule has 0 aromatic carbocycles. The van der Waals surface area contributed by atoms with Gasteiger partial charge in [0, 0.05) is 11.3 Å². The number of halogens is 1. The van der Waals surface area contributed by atoms with E-state index < -0.39 is 0 Å². The number of amides is 2. The standard InChI is InChI=1S/C12H11BrN2O2S2/c13-10-5-4-9(19-10)12(17)15-14-11(16)6-3-8-2-1-7-18-8/h1-2,4-5,7H,3,6H2,(H,14,16)(H,15,17). The zero-order valence-corrected chi connectivity index (χ0v) is 13.0. The van der Waals surface area contributed by atoms with Gasteiger partial charge in [-0.05, 0) is 45.9 Å². The van der Waals surface area contributed by atoms with Gasteiger partial charge in [0.15, 0.2) is 0 Å². The Morgan fingerprint density at radius 1 is 1.21 bits per heavy atom. The molecule has 19 heavy (non-hydrogen) atoms. The molecular weight excluding hydrogens is 348 g/mol. The Balaban J connectivity index is 1.73. The van der Waals surface area contributed by atoms with Gasteiger partial charge >= 0.3 is 0 Å². The topological polar surface area (TPSA) is 58.2 Å². The predicted molar refractivity (Wildman–Crippen MR) is 80.3 cm³/mol. The van der Waals surface area contributed by atoms with E-state index in [1.165, 1.54) is 11.3 Å². The van der Waals surface area contributed by atoms with E-state index in [9.17, 15) is 9.59 Å². The van der Waals surface area contributed by atoms with Gasteiger partial charge in [0.2, 0.25) is 5.91 Å². The Hall–Kier alpha value is -1.18. The van der Waals surface area contributed by atoms with E-state index >= 15 is 0 Å². The number of aryl methyl sites for hydroxylation is 1. The lowest BCUT2D eigenvalue weighted by atomic mass is 10.2. The number of thiophene rings is 2. The molecule has 2 rings (SSSR count). The van der Waals surface area contributed by atoms with Gasteiger partial charge in [0.25, 0.3) is 5.91 Å². The van der Waals surface area contributed by atoms with Crippen LogP contribution in [0.3, 0.4) is 0 Å². The number of hydrogen-bond acceptors (Lipinski definition) is 4. The average Bonchev–Trinajstić information content (AvgIpc) is 3.04. The van der Waals surface area contributed by atoms with E-state index in [0.717, 1.165) is 8.66 Å². The number of nitrogens with one attached hydrogen (secondary N) is 2. The predicted octanol–water partition coefficient (Wildman–Crippen LogP) is 2.97. The van der Waals surface area contributed by atoms with Crippen LogP contribution in [-0.2, 0) is 11.2 Å². The van der Waals surface area contributed by atoms with Crippen LogP contribution in [0.25, 0.3) is 0 Å². The zero-order valence-electron chi connectivity index (χ0n) is 9.81. The number of rotatable bonds is 4. The van der Waals surface area contributed by atoms with Crippen LogP contribution in [0.5, 0.6) is 0 Å². The number of hydrogen-bond donors (Lipinski definition) is 2. The van der Waals surface area contributed by atoms with Crippen LogP contribution in [0.4, 0.5) is 0 Å². The third-order valence-electron chi connectivity index (χ3n) is 2.29. The molecule has 0 bridgehead atoms. The fourth-order valence-electron chi connectivity index (χ4n) is 1.38. The van der Waals surface area contributed by atoms with Gasteiger partial charge in [-0.25, -0.2) is 0 Å². The van der Waals surface area contributed by atoms with Gasteiger partial charge in [-0.3, -0.25) is 20.4 Å². The summed E-state index contributed by atoms with van der Waals surface area (Å²) in [5.74, 6) is -0.502. The monoisotopic (exact) mass is 358 g/mol. The van der Waals surface area contributed by atoms with Crippen LogP contribution in [0.1, 0.15) is 21.0 Å². The minimum absolute atomic E-state index is 0.197. The summed E-state index contributed by atoms with van der Waals surface area (Å²) in [6.45, 7) is 0. The Bertz CT molecular complexity index is 566. The first kappa shape index (κ1) is 14.2. The number of hydrazine groups is 1. The zero-order chi connectivity index (χ0) is 13.7. The molecule has 100 valence electrons. The molecule has 0 radical (unpaired) electrons. The van der Waals surface area contributed by atoms with E-state index in [0.29, 0.717) is 17.7 Å². The highest BCUT2D eigenvalue weighted by molar-refractivity contribution is 9.11. The molecule has 2 aromatic rings. The first-order valence-electron chi connectivity index (χ1n) is 5.52. The van der Waals surface area contributed by atoms with Gasteiger partial charge in [0.05, 0.1) is 8.66 Å². The molecule has 2 N–H and O–H groups in total. The van der Waals surface area contributed by atoms with Gasteiger partial charge in [-0.15, -0.1) is 22.7 Å². The molecule has 0 spiro atoms. The Morgan fingerprint density at radius 2 is 2.05 bits per heavy atom. The molecule has 0 atom stereocenters. The summed E-state index contributed by atoms with van der Waals surface area (Å²) in [4.78, 5) is 24.9. The van der Waals surface area contributed by atoms with Crippen molar-refractivity contribution in [1.82, 2.24) is 10.9 Å². The minimum atomic E-state index is -0.305. The molecule has 7 heteroatoms. The van der Waals surface area contributed by atoms with Crippen molar-refractivity contribution in [3.05, 3.63) is 43.2 Å². The van der Waals surface area contributed by atoms with Gasteiger partial charge in [-0.1, -0.05) is 6.07 Å². The highest BCUT2D eigenvalue weighted by atomic mass is 79.9. The summed E-state index contributed by atoms with van der Waals surface area (Å²) < 4.78 is 0.877. The Kier molecular flexibility index (Phi) is 5.12. The second-order valence-corrected chi connectivity index (χ2v) is 7.18. The largest absolute Gasteiger partial charge is 0.279 e. The van der Waals surface area contributed by atoms with Crippen LogP contribution < -0.4 is 10.9 Å². The van der Waals surface area contributed by atoms with Crippen LogP contribution in [0.15, 0.2) is 33.4 Å². The van der Waals surface area contributed by atoms with Crippen molar-refractivity contribution >= 4 is 50.4 Å². The molecule has 0 aliphatic heterocycles. The lowest BCUT2D eigenvalue weighted by Gasteiger charge is -2.05. The number of carbonyl (C=O) groups is 2. The first-order valence-corrected chi connectivity index (χ1v) is 8.01. The smallest absolute Gasteiger partial charge is 0.273 e. The molecule has 2 aromatic heterocycles. The van der Waals surface area contributed by atoms with Crippen molar-refractivity contribution in [2.75, 3.05) is 0 Å². The average molecular weight is 359 g/mol. The van der Waals surface area contributed by atoms with Crippen LogP contribution in [0.2, 0.25) is 0 Å². The maximum absolute atomic E-state index is 11.7. The van der Waals surface area contributed by atoms with E-state index in [2.05, 4.69) is 26.8 Å². The fraction of sp³-hybridized carbons (Fsp3) is 0.167. The van der Waals surface area contributed by atoms with Crippen molar-refractivity contribution in [3.63, 3.8) is 0 Å². The van der Waals surface area contributed by atoms with Crippen molar-refractivity contribution in [1.29, 1.82) is 0 Å². The molecule has 0 aliphatic rings. The van der Waals surface area contributed by atoms with Gasteiger partial charge < -0.3 is 0 Å². The summed E-state index contributed by atoms with van der Waals surface area (Å²) in [5.41, 5.74) is 4.81. The number of carbonyl (C=O) groups excluding carboxylic acids is 2. The Morgan fingerprint density at radius 3 is 2.68 bits per heavy atom. The third-order valence-corrected chi connectivity index (χ3v) is 4.85. The molecule has 0 aliphatic carbocycles. The molecule has 0 unspecified atom stereocenters. The van der Waals surface area contributed by atoms with Crippen LogP contribution >= 0.6 is 38.6 Å². The molecule has 2 amide bonds. The molecule has 0 saturated heterocycles. The second-order valence-electron chi connectivity index (χ2n) is 3.69. The molecule has 2 heterocycles. The van der Waals surface area contributed by atoms with Crippen LogP contribution in [0, 0.1) is 0 Å². The second kappa shape index (κ2) is 6.83. The van der Waals surface area contributed by atoms with E-state index in [1.54, 1.807) is 23.5 Å². The van der Waals surface area contributed by atoms with E-state index in [1.807, 2.05) is 17.5 Å². The summed E-state index contributed by atoms with van der Waals surface area (Å²) in [6, 6.07) is 7.42. The van der Waals surface area contributed by atoms with Crippen molar-refractivity contribution in [2.24, 2.45) is 0 Å². The minimum Gasteiger partial charge on any atom is -0.273 e. The molecule has 0 fully saturated rings. The fourth-order valence-corrected chi connectivity index (χ4v) is 3.37. The molecule has 0 saturated carbocycles. The lowest BCUT2D eigenvalue weighted by Crippen LogP contribution is -2.41. The highest BCUT2D eigenvalue weighted by Crippen LogP contribution is 2.21. The van der Waals surface area contributed by atoms with E-state index in [-0.39, 0.29) is 11.8 Å². The Labute approximate surface area is 126 Å². The first-order chi connectivity index (χ1) is 9.15. The SMILES string of the molecule is O=C(CCc1cccs1)NNC(=O)c1ccc(Br)s1. The maximum Gasteiger partial charge on any atom is 0.279 e. The third kappa shape index (κ3) is 4.45. The van der Waals surface area contributed by atoms with Crippen molar-refractivity contribution < 1.29 is 9.59 Å². The van der Waals surface area contributed by atoms with Gasteiger partial charge in [-0.2, -0.15) is 0 Å². The molecule has 4 nitrogen and oxygen atoms in total. The van der Waals surface area contributed by atoms with Crippen molar-refractivity contribution in [2.45, 2.75) is 12.8 Å². The van der Waals surface area contributed by atoms with Gasteiger partial charge in [0.1, 0.15) is 0 Å². The van der Waals surface area contributed by atoms with Crippen LogP contribution in [-0.4, -0.2) is 11.8 Å². The quantitative estimate of drug-likeness (QED) is 0.825. The summed E-state index contributed by atoms with van der Waals surface area (Å²) >= 11 is 6.21. The van der Waals surface area contributed by atoms with Crippen molar-refractivity contribution in [3.8, 4) is 0 Å². The lowest BCUT2D eigenvalue weighted by molar-refractivity contribution is -0.121. The molecular formula is C12H11BrN2O2S2. The summed E-state index contributed by atoms with van der Waals surface area (Å²) in [7, 11) is 0. The van der Waals surface area contributed by atoms with E-state index in [4.69, 9.17) is 0 Å². The summed E-state index contributed by atoms with van der Waals surface area (Å²) in [5, 5.41) is 1.98. The highest BCUT2D eigenvalue weighted by Gasteiger charge is 2.09.